The maximum Gasteiger partial charge on any atom is 0.573 e. The van der Waals surface area contributed by atoms with Gasteiger partial charge in [0.25, 0.3) is 0 Å². The number of hydrogen-bond acceptors (Lipinski definition) is 4. The van der Waals surface area contributed by atoms with Crippen molar-refractivity contribution < 1.29 is 27.5 Å². The lowest BCUT2D eigenvalue weighted by Gasteiger charge is -2.39. The lowest BCUT2D eigenvalue weighted by atomic mass is 9.76. The minimum Gasteiger partial charge on any atom is -0.406 e. The molecule has 3 heterocycles. The third-order valence-corrected chi connectivity index (χ3v) is 8.76. The minimum absolute atomic E-state index is 0. The quantitative estimate of drug-likeness (QED) is 0.436. The van der Waals surface area contributed by atoms with Crippen molar-refractivity contribution in [3.8, 4) is 5.75 Å². The first-order valence-corrected chi connectivity index (χ1v) is 13.8. The van der Waals surface area contributed by atoms with Gasteiger partial charge in [0.05, 0.1) is 5.41 Å². The molecule has 10 heteroatoms. The van der Waals surface area contributed by atoms with Crippen LogP contribution in [0.25, 0.3) is 0 Å². The van der Waals surface area contributed by atoms with Gasteiger partial charge in [-0.15, -0.1) is 25.6 Å². The lowest BCUT2D eigenvalue weighted by Crippen LogP contribution is -2.46. The molecular weight excluding hydrogens is 543 g/mol. The van der Waals surface area contributed by atoms with Crippen LogP contribution in [0.3, 0.4) is 0 Å². The number of rotatable bonds is 7. The molecule has 0 aliphatic carbocycles. The Kier molecular flexibility index (Phi) is 9.35. The van der Waals surface area contributed by atoms with Crippen molar-refractivity contribution in [1.82, 2.24) is 14.7 Å². The first-order valence-electron chi connectivity index (χ1n) is 13.8. The number of ether oxygens (including phenoxy) is 1. The van der Waals surface area contributed by atoms with E-state index in [0.717, 1.165) is 57.5 Å². The molecule has 0 unspecified atom stereocenters. The Balaban J connectivity index is 0.00000370. The number of carbonyl (C=O) groups is 2. The van der Waals surface area contributed by atoms with Crippen molar-refractivity contribution in [2.45, 2.75) is 51.4 Å². The zero-order chi connectivity index (χ0) is 27.6. The van der Waals surface area contributed by atoms with Gasteiger partial charge < -0.3 is 19.4 Å². The highest BCUT2D eigenvalue weighted by atomic mass is 35.5. The van der Waals surface area contributed by atoms with Crippen molar-refractivity contribution in [3.63, 3.8) is 0 Å². The molecule has 0 radical (unpaired) electrons. The number of alkyl halides is 3. The van der Waals surface area contributed by atoms with Crippen LogP contribution in [0.15, 0.2) is 54.6 Å². The number of nitrogens with zero attached hydrogens (tertiary/aromatic N) is 3. The summed E-state index contributed by atoms with van der Waals surface area (Å²) in [6, 6.07) is 16.2. The Morgan fingerprint density at radius 1 is 0.975 bits per heavy atom. The third kappa shape index (κ3) is 6.74. The Morgan fingerprint density at radius 3 is 2.25 bits per heavy atom. The second-order valence-corrected chi connectivity index (χ2v) is 11.2. The number of hydrogen-bond donors (Lipinski definition) is 0. The van der Waals surface area contributed by atoms with Crippen molar-refractivity contribution in [2.24, 2.45) is 11.3 Å². The summed E-state index contributed by atoms with van der Waals surface area (Å²) < 4.78 is 41.2. The van der Waals surface area contributed by atoms with Gasteiger partial charge in [0.1, 0.15) is 5.75 Å². The summed E-state index contributed by atoms with van der Waals surface area (Å²) in [6.45, 7) is 7.10. The summed E-state index contributed by atoms with van der Waals surface area (Å²) in [4.78, 5) is 32.3. The molecule has 2 atom stereocenters. The van der Waals surface area contributed by atoms with Gasteiger partial charge in [-0.1, -0.05) is 49.4 Å². The van der Waals surface area contributed by atoms with Crippen LogP contribution in [-0.4, -0.2) is 72.1 Å². The molecule has 0 bridgehead atoms. The van der Waals surface area contributed by atoms with E-state index in [2.05, 4.69) is 33.9 Å². The SMILES string of the molecule is CCC(=O)N1C[C@H](CN2CCC3(CC2)CCN(Cc2ccc(OC(F)(F)F)cc2)C3=O)[C@@H](c2ccccc2)C1.Cl. The molecule has 5 rings (SSSR count). The standard InChI is InChI=1S/C30H36F3N3O3.ClH/c1-2-27(37)36-20-24(26(21-36)23-6-4-3-5-7-23)19-34-15-12-29(13-16-34)14-17-35(28(29)38)18-22-8-10-25(11-9-22)39-30(31,32)33;/h3-11,24,26H,2,12-21H2,1H3;1H/t24-,26+;/m0./s1. The maximum atomic E-state index is 13.5. The first kappa shape index (κ1) is 30.2. The Bertz CT molecular complexity index is 1150. The number of halogens is 4. The fourth-order valence-corrected chi connectivity index (χ4v) is 6.58. The molecule has 3 aliphatic heterocycles. The second-order valence-electron chi connectivity index (χ2n) is 11.2. The third-order valence-electron chi connectivity index (χ3n) is 8.76. The fourth-order valence-electron chi connectivity index (χ4n) is 6.58. The molecule has 2 aromatic rings. The van der Waals surface area contributed by atoms with Gasteiger partial charge in [-0.3, -0.25) is 9.59 Å². The summed E-state index contributed by atoms with van der Waals surface area (Å²) in [7, 11) is 0. The van der Waals surface area contributed by atoms with Crippen LogP contribution in [0.5, 0.6) is 5.75 Å². The normalized spacial score (nSPS) is 22.9. The number of carbonyl (C=O) groups excluding carboxylic acids is 2. The van der Waals surface area contributed by atoms with Crippen LogP contribution in [0.4, 0.5) is 13.2 Å². The van der Waals surface area contributed by atoms with Gasteiger partial charge in [0.15, 0.2) is 0 Å². The highest BCUT2D eigenvalue weighted by Crippen LogP contribution is 2.43. The van der Waals surface area contributed by atoms with E-state index >= 15 is 0 Å². The molecule has 3 saturated heterocycles. The Labute approximate surface area is 239 Å². The van der Waals surface area contributed by atoms with E-state index in [-0.39, 0.29) is 35.4 Å². The van der Waals surface area contributed by atoms with Crippen LogP contribution in [0, 0.1) is 11.3 Å². The molecule has 0 aromatic heterocycles. The van der Waals surface area contributed by atoms with Gasteiger partial charge in [0, 0.05) is 45.1 Å². The maximum absolute atomic E-state index is 13.5. The molecule has 40 heavy (non-hydrogen) atoms. The van der Waals surface area contributed by atoms with Crippen LogP contribution in [-0.2, 0) is 16.1 Å². The summed E-state index contributed by atoms with van der Waals surface area (Å²) in [5.74, 6) is 0.767. The van der Waals surface area contributed by atoms with Crippen LogP contribution < -0.4 is 4.74 Å². The average Bonchev–Trinajstić information content (AvgIpc) is 3.47. The number of likely N-dealkylation sites (tertiary alicyclic amines) is 3. The largest absolute Gasteiger partial charge is 0.573 e. The van der Waals surface area contributed by atoms with Gasteiger partial charge in [0.2, 0.25) is 11.8 Å². The van der Waals surface area contributed by atoms with Crippen LogP contribution in [0.2, 0.25) is 0 Å². The minimum atomic E-state index is -4.72. The van der Waals surface area contributed by atoms with Crippen molar-refractivity contribution in [2.75, 3.05) is 39.3 Å². The molecule has 1 spiro atoms. The highest BCUT2D eigenvalue weighted by Gasteiger charge is 2.48. The topological polar surface area (TPSA) is 53.1 Å². The molecule has 2 amide bonds. The zero-order valence-corrected chi connectivity index (χ0v) is 23.6. The molecule has 0 N–H and O–H groups in total. The fraction of sp³-hybridized carbons (Fsp3) is 0.533. The molecule has 3 fully saturated rings. The highest BCUT2D eigenvalue weighted by molar-refractivity contribution is 5.85. The number of benzene rings is 2. The molecule has 2 aromatic carbocycles. The van der Waals surface area contributed by atoms with Gasteiger partial charge in [-0.2, -0.15) is 0 Å². The van der Waals surface area contributed by atoms with E-state index in [1.165, 1.54) is 17.7 Å². The zero-order valence-electron chi connectivity index (χ0n) is 22.7. The predicted octanol–water partition coefficient (Wildman–Crippen LogP) is 5.47. The predicted molar refractivity (Wildman–Crippen MR) is 148 cm³/mol. The van der Waals surface area contributed by atoms with E-state index in [1.54, 1.807) is 12.1 Å². The Morgan fingerprint density at radius 2 is 1.62 bits per heavy atom. The average molecular weight is 580 g/mol. The van der Waals surface area contributed by atoms with E-state index in [1.807, 2.05) is 22.8 Å². The monoisotopic (exact) mass is 579 g/mol. The lowest BCUT2D eigenvalue weighted by molar-refractivity contribution is -0.274. The van der Waals surface area contributed by atoms with Gasteiger partial charge in [-0.05, 0) is 61.5 Å². The molecule has 218 valence electrons. The van der Waals surface area contributed by atoms with E-state index in [9.17, 15) is 22.8 Å². The molecular formula is C30H37ClF3N3O3. The molecule has 3 aliphatic rings. The second kappa shape index (κ2) is 12.4. The molecule has 0 saturated carbocycles. The molecule has 6 nitrogen and oxygen atoms in total. The van der Waals surface area contributed by atoms with Gasteiger partial charge >= 0.3 is 6.36 Å². The smallest absolute Gasteiger partial charge is 0.406 e. The van der Waals surface area contributed by atoms with Crippen LogP contribution in [0.1, 0.15) is 49.7 Å². The van der Waals surface area contributed by atoms with E-state index < -0.39 is 6.36 Å². The van der Waals surface area contributed by atoms with Crippen molar-refractivity contribution in [3.05, 3.63) is 65.7 Å². The number of amides is 2. The van der Waals surface area contributed by atoms with Crippen molar-refractivity contribution in [1.29, 1.82) is 0 Å². The summed E-state index contributed by atoms with van der Waals surface area (Å²) >= 11 is 0. The number of piperidine rings is 1. The van der Waals surface area contributed by atoms with Gasteiger partial charge in [-0.25, -0.2) is 0 Å². The summed E-state index contributed by atoms with van der Waals surface area (Å²) in [5, 5.41) is 0. The van der Waals surface area contributed by atoms with Crippen LogP contribution >= 0.6 is 12.4 Å². The van der Waals surface area contributed by atoms with E-state index in [4.69, 9.17) is 0 Å². The Hall–Kier alpha value is -2.78. The van der Waals surface area contributed by atoms with Crippen molar-refractivity contribution >= 4 is 24.2 Å². The first-order chi connectivity index (χ1) is 18.7. The van der Waals surface area contributed by atoms with E-state index in [0.29, 0.717) is 31.3 Å². The summed E-state index contributed by atoms with van der Waals surface area (Å²) in [5.41, 5.74) is 1.71. The summed E-state index contributed by atoms with van der Waals surface area (Å²) in [6.07, 6.45) is -1.78.